The Morgan fingerprint density at radius 2 is 2.08 bits per heavy atom. The quantitative estimate of drug-likeness (QED) is 0.729. The molecular formula is C11H14ClN. The number of rotatable bonds is 1. The lowest BCUT2D eigenvalue weighted by Crippen LogP contribution is -2.06. The molecule has 2 heteroatoms. The average Bonchev–Trinajstić information content (AvgIpc) is 2.68. The van der Waals surface area contributed by atoms with Crippen LogP contribution in [-0.2, 0) is 6.42 Å². The van der Waals surface area contributed by atoms with E-state index >= 15 is 0 Å². The van der Waals surface area contributed by atoms with Crippen molar-refractivity contribution in [3.05, 3.63) is 35.4 Å². The van der Waals surface area contributed by atoms with Crippen molar-refractivity contribution in [3.8, 4) is 0 Å². The molecule has 0 aromatic heterocycles. The minimum atomic E-state index is 0. The topological polar surface area (TPSA) is 26.0 Å². The van der Waals surface area contributed by atoms with Gasteiger partial charge in [0.05, 0.1) is 0 Å². The molecular weight excluding hydrogens is 182 g/mol. The minimum Gasteiger partial charge on any atom is -0.330 e. The Bertz CT molecular complexity index is 324. The number of fused-ring (bicyclic) bond motifs is 3. The molecule has 1 nitrogen and oxygen atoms in total. The van der Waals surface area contributed by atoms with Crippen LogP contribution in [0, 0.1) is 11.8 Å². The van der Waals surface area contributed by atoms with Crippen LogP contribution in [0.5, 0.6) is 0 Å². The molecule has 1 aromatic rings. The van der Waals surface area contributed by atoms with Crippen LogP contribution in [0.3, 0.4) is 0 Å². The Kier molecular flexibility index (Phi) is 2.09. The van der Waals surface area contributed by atoms with E-state index in [4.69, 9.17) is 5.73 Å². The smallest absolute Gasteiger partial charge is 0.00399 e. The van der Waals surface area contributed by atoms with E-state index in [-0.39, 0.29) is 12.4 Å². The second-order valence-corrected chi connectivity index (χ2v) is 3.99. The maximum atomic E-state index is 5.68. The Hall–Kier alpha value is -0.530. The fraction of sp³-hybridized carbons (Fsp3) is 0.455. The van der Waals surface area contributed by atoms with Crippen LogP contribution < -0.4 is 5.73 Å². The van der Waals surface area contributed by atoms with Gasteiger partial charge in [-0.25, -0.2) is 0 Å². The van der Waals surface area contributed by atoms with Crippen LogP contribution in [0.2, 0.25) is 0 Å². The maximum absolute atomic E-state index is 5.68. The molecule has 2 aliphatic carbocycles. The summed E-state index contributed by atoms with van der Waals surface area (Å²) in [5.41, 5.74) is 8.83. The monoisotopic (exact) mass is 195 g/mol. The zero-order valence-electron chi connectivity index (χ0n) is 7.44. The highest BCUT2D eigenvalue weighted by molar-refractivity contribution is 5.85. The van der Waals surface area contributed by atoms with Crippen molar-refractivity contribution < 1.29 is 0 Å². The lowest BCUT2D eigenvalue weighted by atomic mass is 10.0. The zero-order chi connectivity index (χ0) is 8.13. The molecule has 1 aromatic carbocycles. The maximum Gasteiger partial charge on any atom is -0.00399 e. The van der Waals surface area contributed by atoms with E-state index in [1.54, 1.807) is 11.1 Å². The number of halogens is 1. The van der Waals surface area contributed by atoms with E-state index in [9.17, 15) is 0 Å². The lowest BCUT2D eigenvalue weighted by Gasteiger charge is -2.04. The fourth-order valence-corrected chi connectivity index (χ4v) is 2.81. The normalized spacial score (nSPS) is 33.2. The summed E-state index contributed by atoms with van der Waals surface area (Å²) in [6.45, 7) is 0.879. The van der Waals surface area contributed by atoms with Crippen LogP contribution >= 0.6 is 12.4 Å². The van der Waals surface area contributed by atoms with Gasteiger partial charge in [-0.3, -0.25) is 0 Å². The first-order chi connectivity index (χ1) is 5.92. The molecule has 0 amide bonds. The van der Waals surface area contributed by atoms with Crippen LogP contribution in [0.4, 0.5) is 0 Å². The Labute approximate surface area is 84.7 Å². The molecule has 0 spiro atoms. The van der Waals surface area contributed by atoms with Crippen LogP contribution in [0.15, 0.2) is 24.3 Å². The van der Waals surface area contributed by atoms with Gasteiger partial charge in [-0.15, -0.1) is 12.4 Å². The summed E-state index contributed by atoms with van der Waals surface area (Å²) in [7, 11) is 0. The third-order valence-corrected chi connectivity index (χ3v) is 3.47. The van der Waals surface area contributed by atoms with Crippen molar-refractivity contribution in [3.63, 3.8) is 0 Å². The summed E-state index contributed by atoms with van der Waals surface area (Å²) in [6.07, 6.45) is 1.28. The van der Waals surface area contributed by atoms with Crippen LogP contribution in [0.25, 0.3) is 0 Å². The van der Waals surface area contributed by atoms with Gasteiger partial charge in [0, 0.05) is 0 Å². The molecule has 0 bridgehead atoms. The number of benzene rings is 1. The molecule has 0 radical (unpaired) electrons. The first kappa shape index (κ1) is 9.04. The summed E-state index contributed by atoms with van der Waals surface area (Å²) < 4.78 is 0. The highest BCUT2D eigenvalue weighted by Crippen LogP contribution is 2.60. The molecule has 1 fully saturated rings. The molecule has 1 saturated carbocycles. The minimum absolute atomic E-state index is 0. The Morgan fingerprint density at radius 3 is 2.85 bits per heavy atom. The van der Waals surface area contributed by atoms with E-state index in [2.05, 4.69) is 24.3 Å². The van der Waals surface area contributed by atoms with Gasteiger partial charge in [-0.05, 0) is 41.8 Å². The van der Waals surface area contributed by atoms with Crippen molar-refractivity contribution in [2.75, 3.05) is 6.54 Å². The third-order valence-electron chi connectivity index (χ3n) is 3.47. The summed E-state index contributed by atoms with van der Waals surface area (Å²) in [4.78, 5) is 0. The SMILES string of the molecule is Cl.NCC1C2Cc3ccccc3C12. The van der Waals surface area contributed by atoms with Crippen molar-refractivity contribution >= 4 is 12.4 Å². The van der Waals surface area contributed by atoms with Gasteiger partial charge in [0.1, 0.15) is 0 Å². The summed E-state index contributed by atoms with van der Waals surface area (Å²) in [6, 6.07) is 8.82. The van der Waals surface area contributed by atoms with E-state index in [0.717, 1.165) is 24.3 Å². The molecule has 0 aliphatic heterocycles. The van der Waals surface area contributed by atoms with Crippen molar-refractivity contribution in [1.29, 1.82) is 0 Å². The molecule has 2 aliphatic rings. The van der Waals surface area contributed by atoms with Crippen molar-refractivity contribution in [1.82, 2.24) is 0 Å². The van der Waals surface area contributed by atoms with Gasteiger partial charge in [0.25, 0.3) is 0 Å². The molecule has 70 valence electrons. The highest BCUT2D eigenvalue weighted by Gasteiger charge is 2.54. The largest absolute Gasteiger partial charge is 0.330 e. The van der Waals surface area contributed by atoms with Gasteiger partial charge in [0.2, 0.25) is 0 Å². The van der Waals surface area contributed by atoms with Crippen molar-refractivity contribution in [2.45, 2.75) is 12.3 Å². The highest BCUT2D eigenvalue weighted by atomic mass is 35.5. The molecule has 3 atom stereocenters. The standard InChI is InChI=1S/C11H13N.ClH/c12-6-10-9-5-7-3-1-2-4-8(7)11(9)10;/h1-4,9-11H,5-6,12H2;1H. The average molecular weight is 196 g/mol. The van der Waals surface area contributed by atoms with E-state index in [0.29, 0.717) is 0 Å². The zero-order valence-corrected chi connectivity index (χ0v) is 8.26. The Morgan fingerprint density at radius 1 is 1.31 bits per heavy atom. The second kappa shape index (κ2) is 3.00. The first-order valence-electron chi connectivity index (χ1n) is 4.69. The summed E-state index contributed by atoms with van der Waals surface area (Å²) >= 11 is 0. The predicted octanol–water partition coefficient (Wildman–Crippen LogP) is 1.95. The second-order valence-electron chi connectivity index (χ2n) is 3.99. The lowest BCUT2D eigenvalue weighted by molar-refractivity contribution is 0.701. The number of hydrogen-bond donors (Lipinski definition) is 1. The van der Waals surface area contributed by atoms with E-state index in [1.165, 1.54) is 6.42 Å². The number of nitrogens with two attached hydrogens (primary N) is 1. The molecule has 3 unspecified atom stereocenters. The molecule has 13 heavy (non-hydrogen) atoms. The van der Waals surface area contributed by atoms with E-state index < -0.39 is 0 Å². The van der Waals surface area contributed by atoms with Gasteiger partial charge in [-0.1, -0.05) is 24.3 Å². The molecule has 2 N–H and O–H groups in total. The van der Waals surface area contributed by atoms with Gasteiger partial charge in [-0.2, -0.15) is 0 Å². The van der Waals surface area contributed by atoms with Crippen LogP contribution in [0.1, 0.15) is 17.0 Å². The van der Waals surface area contributed by atoms with Gasteiger partial charge < -0.3 is 5.73 Å². The molecule has 0 saturated heterocycles. The van der Waals surface area contributed by atoms with Crippen molar-refractivity contribution in [2.24, 2.45) is 17.6 Å². The summed E-state index contributed by atoms with van der Waals surface area (Å²) in [5, 5.41) is 0. The molecule has 0 heterocycles. The first-order valence-corrected chi connectivity index (χ1v) is 4.69. The molecule has 3 rings (SSSR count). The fourth-order valence-electron chi connectivity index (χ4n) is 2.81. The predicted molar refractivity (Wildman–Crippen MR) is 56.2 cm³/mol. The van der Waals surface area contributed by atoms with Gasteiger partial charge in [0.15, 0.2) is 0 Å². The third kappa shape index (κ3) is 1.11. The number of hydrogen-bond acceptors (Lipinski definition) is 1. The summed E-state index contributed by atoms with van der Waals surface area (Å²) in [5.74, 6) is 2.53. The Balaban J connectivity index is 0.000000653. The van der Waals surface area contributed by atoms with Gasteiger partial charge >= 0.3 is 0 Å². The van der Waals surface area contributed by atoms with E-state index in [1.807, 2.05) is 0 Å². The van der Waals surface area contributed by atoms with Crippen LogP contribution in [-0.4, -0.2) is 6.54 Å².